The number of esters is 2. The molecule has 0 fully saturated rings. The normalized spacial score (nSPS) is 14.2. The van der Waals surface area contributed by atoms with Gasteiger partial charge >= 0.3 is 17.8 Å². The van der Waals surface area contributed by atoms with E-state index < -0.39 is 17.8 Å². The summed E-state index contributed by atoms with van der Waals surface area (Å²) in [5.74, 6) is -2.55. The Labute approximate surface area is 141 Å². The summed E-state index contributed by atoms with van der Waals surface area (Å²) in [6, 6.07) is 0. The molecule has 1 aromatic rings. The van der Waals surface area contributed by atoms with Gasteiger partial charge in [-0.15, -0.1) is 0 Å². The van der Waals surface area contributed by atoms with Crippen molar-refractivity contribution in [2.45, 2.75) is 20.0 Å². The average Bonchev–Trinajstić information content (AvgIpc) is 2.85. The Morgan fingerprint density at radius 3 is 2.40 bits per heavy atom. The molecule has 1 aliphatic heterocycles. The molecule has 2 heterocycles. The molecule has 0 saturated carbocycles. The molecule has 2 rings (SSSR count). The number of amides is 1. The predicted octanol–water partition coefficient (Wildman–Crippen LogP) is 0.644. The molecule has 0 bridgehead atoms. The van der Waals surface area contributed by atoms with E-state index in [1.807, 2.05) is 0 Å². The molecule has 25 heavy (non-hydrogen) atoms. The second-order valence-corrected chi connectivity index (χ2v) is 5.05. The summed E-state index contributed by atoms with van der Waals surface area (Å²) in [6.45, 7) is 4.72. The van der Waals surface area contributed by atoms with Crippen LogP contribution in [-0.4, -0.2) is 24.5 Å². The van der Waals surface area contributed by atoms with Gasteiger partial charge in [-0.3, -0.25) is 4.79 Å². The highest BCUT2D eigenvalue weighted by molar-refractivity contribution is 5.92. The van der Waals surface area contributed by atoms with Crippen LogP contribution >= 0.6 is 0 Å². The van der Waals surface area contributed by atoms with Crippen LogP contribution in [0.25, 0.3) is 0 Å². The van der Waals surface area contributed by atoms with E-state index in [2.05, 4.69) is 20.7 Å². The molecular weight excluding hydrogens is 334 g/mol. The molecular formula is C16H15NO8. The van der Waals surface area contributed by atoms with Crippen molar-refractivity contribution < 1.29 is 32.7 Å². The molecule has 1 N–H and O–H groups in total. The molecule has 0 atom stereocenters. The van der Waals surface area contributed by atoms with Gasteiger partial charge in [0.05, 0.1) is 0 Å². The molecule has 1 aliphatic rings. The zero-order valence-corrected chi connectivity index (χ0v) is 13.3. The number of allylic oxidation sites excluding steroid dienone is 1. The zero-order valence-electron chi connectivity index (χ0n) is 13.3. The standard InChI is InChI=1S/C16H15NO8/c1-9-5-11(6-13(18)17-9)7-22-14(19)3-4-15(20)23-8-12-10(2)24-16(21)25-12/h3-4,6H,1,5,7-8H2,2H3,(H,17,18)/b4-3+. The maximum absolute atomic E-state index is 11.5. The highest BCUT2D eigenvalue weighted by atomic mass is 16.6. The number of carbonyl (C=O) groups is 3. The number of nitrogens with one attached hydrogen (secondary N) is 1. The number of carbonyl (C=O) groups excluding carboxylic acids is 3. The first-order valence-electron chi connectivity index (χ1n) is 7.12. The number of aryl methyl sites for hydroxylation is 1. The van der Waals surface area contributed by atoms with Crippen molar-refractivity contribution >= 4 is 17.8 Å². The monoisotopic (exact) mass is 349 g/mol. The molecule has 0 unspecified atom stereocenters. The maximum atomic E-state index is 11.5. The summed E-state index contributed by atoms with van der Waals surface area (Å²) in [6.07, 6.45) is 3.47. The zero-order chi connectivity index (χ0) is 18.4. The van der Waals surface area contributed by atoms with Crippen LogP contribution < -0.4 is 11.1 Å². The molecule has 0 aromatic carbocycles. The minimum atomic E-state index is -0.893. The SMILES string of the molecule is C=C1CC(COC(=O)/C=C/C(=O)OCc2oc(=O)oc2C)=CC(=O)N1. The lowest BCUT2D eigenvalue weighted by Gasteiger charge is -2.15. The molecule has 9 heteroatoms. The second-order valence-electron chi connectivity index (χ2n) is 5.05. The Morgan fingerprint density at radius 2 is 1.84 bits per heavy atom. The fourth-order valence-corrected chi connectivity index (χ4v) is 1.90. The lowest BCUT2D eigenvalue weighted by molar-refractivity contribution is -0.141. The van der Waals surface area contributed by atoms with E-state index in [9.17, 15) is 19.2 Å². The number of hydrogen-bond acceptors (Lipinski definition) is 8. The van der Waals surface area contributed by atoms with Gasteiger partial charge in [0.1, 0.15) is 6.61 Å². The van der Waals surface area contributed by atoms with Gasteiger partial charge in [0.25, 0.3) is 0 Å². The van der Waals surface area contributed by atoms with Crippen molar-refractivity contribution in [2.24, 2.45) is 0 Å². The fraction of sp³-hybridized carbons (Fsp3) is 0.250. The Hall–Kier alpha value is -3.36. The van der Waals surface area contributed by atoms with Gasteiger partial charge in [-0.2, -0.15) is 0 Å². The minimum absolute atomic E-state index is 0.0806. The van der Waals surface area contributed by atoms with E-state index in [1.54, 1.807) is 0 Å². The third kappa shape index (κ3) is 5.65. The highest BCUT2D eigenvalue weighted by Gasteiger charge is 2.13. The number of rotatable bonds is 6. The van der Waals surface area contributed by atoms with Crippen LogP contribution in [0.1, 0.15) is 17.9 Å². The van der Waals surface area contributed by atoms with Gasteiger partial charge in [0.15, 0.2) is 18.1 Å². The second kappa shape index (κ2) is 7.95. The van der Waals surface area contributed by atoms with Crippen molar-refractivity contribution in [2.75, 3.05) is 6.61 Å². The summed E-state index contributed by atoms with van der Waals surface area (Å²) in [7, 11) is 0. The summed E-state index contributed by atoms with van der Waals surface area (Å²) < 4.78 is 19.0. The van der Waals surface area contributed by atoms with Crippen molar-refractivity contribution in [3.8, 4) is 0 Å². The minimum Gasteiger partial charge on any atom is -0.458 e. The molecule has 0 aliphatic carbocycles. The molecule has 0 saturated heterocycles. The summed E-state index contributed by atoms with van der Waals surface area (Å²) in [5.41, 5.74) is 1.10. The largest absolute Gasteiger partial charge is 0.519 e. The van der Waals surface area contributed by atoms with Crippen LogP contribution in [0, 0.1) is 6.92 Å². The van der Waals surface area contributed by atoms with Gasteiger partial charge in [-0.1, -0.05) is 6.58 Å². The van der Waals surface area contributed by atoms with Crippen LogP contribution in [0.3, 0.4) is 0 Å². The van der Waals surface area contributed by atoms with Crippen LogP contribution in [0.15, 0.2) is 49.7 Å². The molecule has 1 aromatic heterocycles. The first-order valence-corrected chi connectivity index (χ1v) is 7.12. The summed E-state index contributed by atoms with van der Waals surface area (Å²) >= 11 is 0. The molecule has 9 nitrogen and oxygen atoms in total. The Balaban J connectivity index is 1.76. The smallest absolute Gasteiger partial charge is 0.458 e. The van der Waals surface area contributed by atoms with E-state index in [4.69, 9.17) is 9.47 Å². The number of hydrogen-bond donors (Lipinski definition) is 1. The summed E-state index contributed by atoms with van der Waals surface area (Å²) in [5, 5.41) is 2.51. The lowest BCUT2D eigenvalue weighted by atomic mass is 10.1. The van der Waals surface area contributed by atoms with Gasteiger partial charge in [0.2, 0.25) is 5.91 Å². The molecule has 0 radical (unpaired) electrons. The Kier molecular flexibility index (Phi) is 5.72. The lowest BCUT2D eigenvalue weighted by Crippen LogP contribution is -2.26. The third-order valence-corrected chi connectivity index (χ3v) is 3.01. The van der Waals surface area contributed by atoms with E-state index in [0.717, 1.165) is 12.2 Å². The van der Waals surface area contributed by atoms with Crippen LogP contribution in [0.5, 0.6) is 0 Å². The fourth-order valence-electron chi connectivity index (χ4n) is 1.90. The number of ether oxygens (including phenoxy) is 2. The maximum Gasteiger partial charge on any atom is 0.519 e. The Morgan fingerprint density at radius 1 is 1.20 bits per heavy atom. The van der Waals surface area contributed by atoms with Gasteiger partial charge in [-0.25, -0.2) is 14.4 Å². The van der Waals surface area contributed by atoms with Crippen LogP contribution in [0.2, 0.25) is 0 Å². The topological polar surface area (TPSA) is 125 Å². The van der Waals surface area contributed by atoms with E-state index in [1.165, 1.54) is 13.0 Å². The first kappa shape index (κ1) is 18.0. The average molecular weight is 349 g/mol. The molecule has 1 amide bonds. The van der Waals surface area contributed by atoms with Crippen LogP contribution in [0.4, 0.5) is 0 Å². The third-order valence-electron chi connectivity index (χ3n) is 3.01. The quantitative estimate of drug-likeness (QED) is 0.586. The van der Waals surface area contributed by atoms with E-state index >= 15 is 0 Å². The van der Waals surface area contributed by atoms with Crippen molar-refractivity contribution in [3.63, 3.8) is 0 Å². The van der Waals surface area contributed by atoms with Crippen LogP contribution in [-0.2, 0) is 30.5 Å². The highest BCUT2D eigenvalue weighted by Crippen LogP contribution is 2.12. The van der Waals surface area contributed by atoms with E-state index in [-0.39, 0.29) is 30.6 Å². The van der Waals surface area contributed by atoms with Gasteiger partial charge < -0.3 is 23.6 Å². The van der Waals surface area contributed by atoms with Gasteiger partial charge in [-0.05, 0) is 12.5 Å². The Bertz CT molecular complexity index is 823. The molecule has 132 valence electrons. The van der Waals surface area contributed by atoms with Crippen molar-refractivity contribution in [3.05, 3.63) is 58.2 Å². The predicted molar refractivity (Wildman–Crippen MR) is 81.9 cm³/mol. The first-order chi connectivity index (χ1) is 11.8. The molecule has 0 spiro atoms. The van der Waals surface area contributed by atoms with Crippen molar-refractivity contribution in [1.82, 2.24) is 5.32 Å². The van der Waals surface area contributed by atoms with E-state index in [0.29, 0.717) is 17.7 Å². The summed E-state index contributed by atoms with van der Waals surface area (Å²) in [4.78, 5) is 45.1. The van der Waals surface area contributed by atoms with Crippen molar-refractivity contribution in [1.29, 1.82) is 0 Å². The van der Waals surface area contributed by atoms with Gasteiger partial charge in [0, 0.05) is 30.3 Å².